The minimum absolute atomic E-state index is 0.221. The zero-order valence-electron chi connectivity index (χ0n) is 14.7. The molecule has 0 N–H and O–H groups in total. The first-order valence-electron chi connectivity index (χ1n) is 9.23. The number of hydrogen-bond donors (Lipinski definition) is 0. The first kappa shape index (κ1) is 16.2. The molecule has 1 saturated heterocycles. The lowest BCUT2D eigenvalue weighted by Crippen LogP contribution is -2.49. The number of pyridine rings is 1. The number of anilines is 1. The first-order valence-corrected chi connectivity index (χ1v) is 9.23. The predicted molar refractivity (Wildman–Crippen MR) is 96.6 cm³/mol. The zero-order chi connectivity index (χ0) is 17.2. The van der Waals surface area contributed by atoms with Crippen molar-refractivity contribution in [2.75, 3.05) is 31.1 Å². The lowest BCUT2D eigenvalue weighted by atomic mass is 10.2. The number of furan rings is 1. The van der Waals surface area contributed by atoms with E-state index in [1.807, 2.05) is 35.4 Å². The maximum Gasteiger partial charge on any atom is 0.223 e. The number of carbonyl (C=O) groups is 1. The maximum atomic E-state index is 12.5. The lowest BCUT2D eigenvalue weighted by Gasteiger charge is -2.35. The maximum absolute atomic E-state index is 12.5. The van der Waals surface area contributed by atoms with Crippen LogP contribution in [0.15, 0.2) is 40.9 Å². The number of aryl methyl sites for hydroxylation is 1. The Kier molecular flexibility index (Phi) is 4.47. The molecule has 0 radical (unpaired) electrons. The molecule has 0 aromatic carbocycles. The first-order chi connectivity index (χ1) is 12.2. The largest absolute Gasteiger partial charge is 0.466 e. The summed E-state index contributed by atoms with van der Waals surface area (Å²) < 4.78 is 5.90. The van der Waals surface area contributed by atoms with E-state index in [-0.39, 0.29) is 5.91 Å². The van der Waals surface area contributed by atoms with E-state index in [1.165, 1.54) is 6.42 Å². The summed E-state index contributed by atoms with van der Waals surface area (Å²) in [6.07, 6.45) is 4.26. The number of carbonyl (C=O) groups excluding carboxylic acids is 1. The predicted octanol–water partition coefficient (Wildman–Crippen LogP) is 3.08. The minimum Gasteiger partial charge on any atom is -0.466 e. The molecule has 5 nitrogen and oxygen atoms in total. The van der Waals surface area contributed by atoms with Gasteiger partial charge in [-0.15, -0.1) is 0 Å². The van der Waals surface area contributed by atoms with Gasteiger partial charge in [0.15, 0.2) is 0 Å². The van der Waals surface area contributed by atoms with Crippen LogP contribution in [-0.4, -0.2) is 42.0 Å². The van der Waals surface area contributed by atoms with E-state index in [0.29, 0.717) is 18.8 Å². The monoisotopic (exact) mass is 339 g/mol. The van der Waals surface area contributed by atoms with Crippen molar-refractivity contribution >= 4 is 11.7 Å². The van der Waals surface area contributed by atoms with Gasteiger partial charge in [-0.05, 0) is 36.6 Å². The average Bonchev–Trinajstić information content (AvgIpc) is 3.20. The van der Waals surface area contributed by atoms with Crippen molar-refractivity contribution in [1.82, 2.24) is 9.88 Å². The van der Waals surface area contributed by atoms with Gasteiger partial charge in [-0.2, -0.15) is 0 Å². The van der Waals surface area contributed by atoms with Crippen LogP contribution in [0, 0.1) is 5.92 Å². The van der Waals surface area contributed by atoms with Crippen molar-refractivity contribution in [2.45, 2.75) is 32.1 Å². The van der Waals surface area contributed by atoms with Gasteiger partial charge in [0.25, 0.3) is 0 Å². The summed E-state index contributed by atoms with van der Waals surface area (Å²) in [6, 6.07) is 10.1. The van der Waals surface area contributed by atoms with Crippen LogP contribution in [0.4, 0.5) is 5.82 Å². The number of hydrogen-bond acceptors (Lipinski definition) is 4. The van der Waals surface area contributed by atoms with E-state index in [1.54, 1.807) is 0 Å². The van der Waals surface area contributed by atoms with Gasteiger partial charge in [-0.1, -0.05) is 13.0 Å². The lowest BCUT2D eigenvalue weighted by molar-refractivity contribution is -0.131. The van der Waals surface area contributed by atoms with E-state index in [0.717, 1.165) is 49.4 Å². The molecule has 1 saturated carbocycles. The van der Waals surface area contributed by atoms with Crippen molar-refractivity contribution in [3.05, 3.63) is 48.0 Å². The topological polar surface area (TPSA) is 49.6 Å². The SMILES string of the molecule is C[C@H]1C[C@H]1c1ccc(CCC(=O)N2CCN(c3ccccn3)CC2)o1. The van der Waals surface area contributed by atoms with Crippen LogP contribution < -0.4 is 4.90 Å². The number of amides is 1. The van der Waals surface area contributed by atoms with Gasteiger partial charge in [0.1, 0.15) is 17.3 Å². The van der Waals surface area contributed by atoms with E-state index in [9.17, 15) is 4.79 Å². The molecule has 25 heavy (non-hydrogen) atoms. The Morgan fingerprint density at radius 1 is 1.20 bits per heavy atom. The Balaban J connectivity index is 1.24. The number of piperazine rings is 1. The van der Waals surface area contributed by atoms with Gasteiger partial charge in [0.2, 0.25) is 5.91 Å². The molecule has 3 heterocycles. The molecule has 0 spiro atoms. The highest BCUT2D eigenvalue weighted by Crippen LogP contribution is 2.47. The van der Waals surface area contributed by atoms with Crippen LogP contribution in [0.25, 0.3) is 0 Å². The Bertz CT molecular complexity index is 720. The van der Waals surface area contributed by atoms with Crippen LogP contribution in [-0.2, 0) is 11.2 Å². The third-order valence-electron chi connectivity index (χ3n) is 5.35. The quantitative estimate of drug-likeness (QED) is 0.840. The fraction of sp³-hybridized carbons (Fsp3) is 0.500. The zero-order valence-corrected chi connectivity index (χ0v) is 14.7. The fourth-order valence-electron chi connectivity index (χ4n) is 3.56. The van der Waals surface area contributed by atoms with Gasteiger partial charge in [-0.3, -0.25) is 4.79 Å². The van der Waals surface area contributed by atoms with Gasteiger partial charge in [0, 0.05) is 51.1 Å². The molecule has 1 aliphatic carbocycles. The summed E-state index contributed by atoms with van der Waals surface area (Å²) in [7, 11) is 0. The number of nitrogens with zero attached hydrogens (tertiary/aromatic N) is 3. The molecule has 2 aliphatic rings. The van der Waals surface area contributed by atoms with Crippen molar-refractivity contribution in [3.8, 4) is 0 Å². The smallest absolute Gasteiger partial charge is 0.223 e. The number of rotatable bonds is 5. The molecule has 1 aliphatic heterocycles. The summed E-state index contributed by atoms with van der Waals surface area (Å²) >= 11 is 0. The van der Waals surface area contributed by atoms with E-state index in [4.69, 9.17) is 4.42 Å². The summed E-state index contributed by atoms with van der Waals surface area (Å²) in [5, 5.41) is 0. The second kappa shape index (κ2) is 6.90. The molecule has 2 fully saturated rings. The highest BCUT2D eigenvalue weighted by atomic mass is 16.3. The Morgan fingerprint density at radius 3 is 2.68 bits per heavy atom. The van der Waals surface area contributed by atoms with Crippen LogP contribution in [0.3, 0.4) is 0 Å². The van der Waals surface area contributed by atoms with Gasteiger partial charge in [0.05, 0.1) is 0 Å². The van der Waals surface area contributed by atoms with Crippen molar-refractivity contribution in [1.29, 1.82) is 0 Å². The summed E-state index contributed by atoms with van der Waals surface area (Å²) in [5.41, 5.74) is 0. The van der Waals surface area contributed by atoms with Crippen molar-refractivity contribution < 1.29 is 9.21 Å². The van der Waals surface area contributed by atoms with Gasteiger partial charge >= 0.3 is 0 Å². The molecule has 5 heteroatoms. The molecule has 2 aromatic rings. The Morgan fingerprint density at radius 2 is 2.00 bits per heavy atom. The molecule has 0 bridgehead atoms. The fourth-order valence-corrected chi connectivity index (χ4v) is 3.56. The number of aromatic nitrogens is 1. The third-order valence-corrected chi connectivity index (χ3v) is 5.35. The van der Waals surface area contributed by atoms with Crippen molar-refractivity contribution in [3.63, 3.8) is 0 Å². The van der Waals surface area contributed by atoms with E-state index in [2.05, 4.69) is 22.9 Å². The van der Waals surface area contributed by atoms with E-state index < -0.39 is 0 Å². The highest BCUT2D eigenvalue weighted by Gasteiger charge is 2.36. The molecule has 2 atom stereocenters. The van der Waals surface area contributed by atoms with Crippen LogP contribution in [0.5, 0.6) is 0 Å². The molecule has 1 amide bonds. The molecule has 132 valence electrons. The van der Waals surface area contributed by atoms with E-state index >= 15 is 0 Å². The summed E-state index contributed by atoms with van der Waals surface area (Å²) in [6.45, 7) is 5.46. The average molecular weight is 339 g/mol. The summed E-state index contributed by atoms with van der Waals surface area (Å²) in [4.78, 5) is 21.1. The Labute approximate surface area is 148 Å². The summed E-state index contributed by atoms with van der Waals surface area (Å²) in [5.74, 6) is 4.60. The standard InChI is InChI=1S/C20H25N3O2/c1-15-14-17(15)18-7-5-16(25-18)6-8-20(24)23-12-10-22(11-13-23)19-4-2-3-9-21-19/h2-5,7,9,15,17H,6,8,10-14H2,1H3/t15-,17+/m0/s1. The molecule has 0 unspecified atom stereocenters. The second-order valence-electron chi connectivity index (χ2n) is 7.18. The third kappa shape index (κ3) is 3.70. The van der Waals surface area contributed by atoms with Gasteiger partial charge in [-0.25, -0.2) is 4.98 Å². The van der Waals surface area contributed by atoms with Gasteiger partial charge < -0.3 is 14.2 Å². The molecule has 4 rings (SSSR count). The van der Waals surface area contributed by atoms with Crippen LogP contribution in [0.2, 0.25) is 0 Å². The normalized spacial score (nSPS) is 22.9. The molecule has 2 aromatic heterocycles. The minimum atomic E-state index is 0.221. The van der Waals surface area contributed by atoms with Crippen molar-refractivity contribution in [2.24, 2.45) is 5.92 Å². The molecular weight excluding hydrogens is 314 g/mol. The highest BCUT2D eigenvalue weighted by molar-refractivity contribution is 5.76. The Hall–Kier alpha value is -2.30. The van der Waals surface area contributed by atoms with Crippen LogP contribution in [0.1, 0.15) is 37.2 Å². The van der Waals surface area contributed by atoms with Crippen LogP contribution >= 0.6 is 0 Å². The second-order valence-corrected chi connectivity index (χ2v) is 7.18. The molecular formula is C20H25N3O2.